The maximum absolute atomic E-state index is 9.38. The van der Waals surface area contributed by atoms with Gasteiger partial charge in [0.2, 0.25) is 0 Å². The van der Waals surface area contributed by atoms with Crippen LogP contribution in [0.4, 0.5) is 0 Å². The quantitative estimate of drug-likeness (QED) is 0.723. The molecular weight excluding hydrogens is 198 g/mol. The van der Waals surface area contributed by atoms with Crippen molar-refractivity contribution < 1.29 is 4.74 Å². The third-order valence-corrected chi connectivity index (χ3v) is 3.34. The first-order chi connectivity index (χ1) is 7.79. The van der Waals surface area contributed by atoms with E-state index in [9.17, 15) is 5.26 Å². The van der Waals surface area contributed by atoms with Crippen molar-refractivity contribution in [3.63, 3.8) is 0 Å². The highest BCUT2D eigenvalue weighted by Crippen LogP contribution is 2.39. The number of hydrogen-bond acceptors (Lipinski definition) is 2. The molecule has 0 spiro atoms. The second-order valence-corrected chi connectivity index (χ2v) is 4.46. The lowest BCUT2D eigenvalue weighted by molar-refractivity contribution is 0.121. The summed E-state index contributed by atoms with van der Waals surface area (Å²) in [7, 11) is 0. The summed E-state index contributed by atoms with van der Waals surface area (Å²) in [6.45, 7) is 3.41. The maximum atomic E-state index is 9.38. The zero-order valence-electron chi connectivity index (χ0n) is 9.70. The van der Waals surface area contributed by atoms with Gasteiger partial charge < -0.3 is 4.74 Å². The van der Waals surface area contributed by atoms with Gasteiger partial charge in [0.05, 0.1) is 11.5 Å². The van der Waals surface area contributed by atoms with Gasteiger partial charge in [0.1, 0.15) is 0 Å². The van der Waals surface area contributed by atoms with Crippen molar-refractivity contribution in [3.8, 4) is 6.07 Å². The van der Waals surface area contributed by atoms with Crippen LogP contribution in [0, 0.1) is 16.7 Å². The Morgan fingerprint density at radius 3 is 2.44 bits per heavy atom. The standard InChI is InChI=1S/C14H17NO/c1-2-16-8-7-14(11-15)9-12-5-3-4-6-13(12)10-14/h3-6H,2,7-10H2,1H3. The Bertz CT molecular complexity index is 380. The SMILES string of the molecule is CCOCCC1(C#N)Cc2ccccc2C1. The molecule has 0 bridgehead atoms. The normalized spacial score (nSPS) is 16.8. The van der Waals surface area contributed by atoms with Crippen LogP contribution in [0.5, 0.6) is 0 Å². The number of nitriles is 1. The highest BCUT2D eigenvalue weighted by Gasteiger charge is 2.36. The van der Waals surface area contributed by atoms with E-state index in [0.29, 0.717) is 6.61 Å². The molecule has 1 aliphatic rings. The van der Waals surface area contributed by atoms with Crippen molar-refractivity contribution in [2.24, 2.45) is 5.41 Å². The number of fused-ring (bicyclic) bond motifs is 1. The lowest BCUT2D eigenvalue weighted by Crippen LogP contribution is -2.21. The van der Waals surface area contributed by atoms with E-state index >= 15 is 0 Å². The lowest BCUT2D eigenvalue weighted by atomic mass is 9.83. The highest BCUT2D eigenvalue weighted by atomic mass is 16.5. The minimum absolute atomic E-state index is 0.223. The van der Waals surface area contributed by atoms with Crippen molar-refractivity contribution in [2.45, 2.75) is 26.2 Å². The minimum atomic E-state index is -0.223. The summed E-state index contributed by atoms with van der Waals surface area (Å²) in [5.41, 5.74) is 2.44. The van der Waals surface area contributed by atoms with Crippen molar-refractivity contribution >= 4 is 0 Å². The predicted octanol–water partition coefficient (Wildman–Crippen LogP) is 2.72. The second-order valence-electron chi connectivity index (χ2n) is 4.46. The van der Waals surface area contributed by atoms with Gasteiger partial charge in [0.25, 0.3) is 0 Å². The molecule has 0 amide bonds. The Labute approximate surface area is 96.9 Å². The Kier molecular flexibility index (Phi) is 3.26. The van der Waals surface area contributed by atoms with E-state index in [1.807, 2.05) is 6.92 Å². The molecule has 84 valence electrons. The molecule has 0 unspecified atom stereocenters. The molecule has 2 rings (SSSR count). The highest BCUT2D eigenvalue weighted by molar-refractivity contribution is 5.36. The van der Waals surface area contributed by atoms with Crippen molar-refractivity contribution in [2.75, 3.05) is 13.2 Å². The molecule has 0 radical (unpaired) electrons. The largest absolute Gasteiger partial charge is 0.382 e. The number of ether oxygens (including phenoxy) is 1. The average molecular weight is 215 g/mol. The summed E-state index contributed by atoms with van der Waals surface area (Å²) in [5, 5.41) is 9.38. The number of hydrogen-bond donors (Lipinski definition) is 0. The third kappa shape index (κ3) is 2.10. The fourth-order valence-electron chi connectivity index (χ4n) is 2.42. The van der Waals surface area contributed by atoms with Gasteiger partial charge in [0, 0.05) is 13.2 Å². The van der Waals surface area contributed by atoms with Gasteiger partial charge in [-0.2, -0.15) is 5.26 Å². The average Bonchev–Trinajstić information content (AvgIpc) is 2.68. The predicted molar refractivity (Wildman–Crippen MR) is 63.0 cm³/mol. The molecule has 2 nitrogen and oxygen atoms in total. The van der Waals surface area contributed by atoms with Gasteiger partial charge in [-0.1, -0.05) is 24.3 Å². The van der Waals surface area contributed by atoms with Gasteiger partial charge in [-0.15, -0.1) is 0 Å². The smallest absolute Gasteiger partial charge is 0.0697 e. The summed E-state index contributed by atoms with van der Waals surface area (Å²) in [6.07, 6.45) is 2.60. The molecule has 0 N–H and O–H groups in total. The van der Waals surface area contributed by atoms with E-state index in [1.165, 1.54) is 11.1 Å². The van der Waals surface area contributed by atoms with Crippen LogP contribution >= 0.6 is 0 Å². The molecule has 0 heterocycles. The van der Waals surface area contributed by atoms with E-state index in [1.54, 1.807) is 0 Å². The fraction of sp³-hybridized carbons (Fsp3) is 0.500. The van der Waals surface area contributed by atoms with Crippen molar-refractivity contribution in [1.82, 2.24) is 0 Å². The topological polar surface area (TPSA) is 33.0 Å². The van der Waals surface area contributed by atoms with E-state index < -0.39 is 0 Å². The van der Waals surface area contributed by atoms with Crippen LogP contribution in [0.2, 0.25) is 0 Å². The molecule has 2 heteroatoms. The molecule has 0 aliphatic heterocycles. The van der Waals surface area contributed by atoms with Gasteiger partial charge in [-0.25, -0.2) is 0 Å². The second kappa shape index (κ2) is 4.67. The Balaban J connectivity index is 2.08. The van der Waals surface area contributed by atoms with Crippen molar-refractivity contribution in [3.05, 3.63) is 35.4 Å². The van der Waals surface area contributed by atoms with Crippen LogP contribution in [0.3, 0.4) is 0 Å². The first kappa shape index (κ1) is 11.2. The van der Waals surface area contributed by atoms with Crippen LogP contribution < -0.4 is 0 Å². The Morgan fingerprint density at radius 2 is 1.94 bits per heavy atom. The molecule has 0 fully saturated rings. The van der Waals surface area contributed by atoms with E-state index in [-0.39, 0.29) is 5.41 Å². The van der Waals surface area contributed by atoms with E-state index in [4.69, 9.17) is 4.74 Å². The molecule has 0 saturated heterocycles. The molecule has 16 heavy (non-hydrogen) atoms. The molecule has 0 aromatic heterocycles. The van der Waals surface area contributed by atoms with Gasteiger partial charge in [0.15, 0.2) is 0 Å². The van der Waals surface area contributed by atoms with Crippen LogP contribution in [-0.2, 0) is 17.6 Å². The first-order valence-electron chi connectivity index (χ1n) is 5.85. The summed E-state index contributed by atoms with van der Waals surface area (Å²) in [6, 6.07) is 10.9. The zero-order valence-corrected chi connectivity index (χ0v) is 9.70. The molecule has 1 aromatic rings. The van der Waals surface area contributed by atoms with E-state index in [2.05, 4.69) is 30.3 Å². The summed E-state index contributed by atoms with van der Waals surface area (Å²) in [4.78, 5) is 0. The summed E-state index contributed by atoms with van der Waals surface area (Å²) < 4.78 is 5.37. The molecule has 1 aliphatic carbocycles. The number of nitrogens with zero attached hydrogens (tertiary/aromatic N) is 1. The Morgan fingerprint density at radius 1 is 1.31 bits per heavy atom. The zero-order chi connectivity index (χ0) is 11.4. The first-order valence-corrected chi connectivity index (χ1v) is 5.85. The van der Waals surface area contributed by atoms with Crippen molar-refractivity contribution in [1.29, 1.82) is 5.26 Å². The summed E-state index contributed by atoms with van der Waals surface area (Å²) in [5.74, 6) is 0. The summed E-state index contributed by atoms with van der Waals surface area (Å²) >= 11 is 0. The molecule has 0 atom stereocenters. The monoisotopic (exact) mass is 215 g/mol. The van der Waals surface area contributed by atoms with Crippen LogP contribution in [-0.4, -0.2) is 13.2 Å². The van der Waals surface area contributed by atoms with Crippen LogP contribution in [0.1, 0.15) is 24.5 Å². The number of benzene rings is 1. The molecular formula is C14H17NO. The van der Waals surface area contributed by atoms with E-state index in [0.717, 1.165) is 25.9 Å². The maximum Gasteiger partial charge on any atom is 0.0697 e. The fourth-order valence-corrected chi connectivity index (χ4v) is 2.42. The lowest BCUT2D eigenvalue weighted by Gasteiger charge is -2.19. The van der Waals surface area contributed by atoms with Gasteiger partial charge >= 0.3 is 0 Å². The Hall–Kier alpha value is -1.33. The van der Waals surface area contributed by atoms with Crippen LogP contribution in [0.15, 0.2) is 24.3 Å². The van der Waals surface area contributed by atoms with Gasteiger partial charge in [-0.3, -0.25) is 0 Å². The van der Waals surface area contributed by atoms with Crippen LogP contribution in [0.25, 0.3) is 0 Å². The molecule has 1 aromatic carbocycles. The molecule has 0 saturated carbocycles. The number of rotatable bonds is 4. The minimum Gasteiger partial charge on any atom is -0.382 e. The third-order valence-electron chi connectivity index (χ3n) is 3.34. The van der Waals surface area contributed by atoms with Gasteiger partial charge in [-0.05, 0) is 37.3 Å².